The Kier molecular flexibility index (Phi) is 6.03. The van der Waals surface area contributed by atoms with Gasteiger partial charge in [-0.05, 0) is 37.0 Å². The molecule has 2 nitrogen and oxygen atoms in total. The number of alkyl halides is 1. The molecule has 4 heteroatoms. The fourth-order valence-electron chi connectivity index (χ4n) is 1.72. The minimum atomic E-state index is -1.23. The number of aliphatic imine (C=N–C) groups is 1. The van der Waals surface area contributed by atoms with Crippen LogP contribution < -0.4 is 5.73 Å². The summed E-state index contributed by atoms with van der Waals surface area (Å²) in [6, 6.07) is 5.82. The van der Waals surface area contributed by atoms with Gasteiger partial charge >= 0.3 is 0 Å². The van der Waals surface area contributed by atoms with E-state index in [1.165, 1.54) is 18.7 Å². The standard InChI is InChI=1S/C15H20ClFN2/c1-10(2)8-12-4-5-13(14(16)9-12)15(18)6-7-19-11(3)17/h4-7,9-11H,8,18H2,1-3H3/b15-6-,19-7+. The minimum absolute atomic E-state index is 0.477. The molecule has 0 aromatic heterocycles. The molecule has 1 aromatic rings. The van der Waals surface area contributed by atoms with E-state index in [1.807, 2.05) is 18.2 Å². The SMILES string of the molecule is CC(C)Cc1ccc(/C(N)=C/C=N/C(C)F)c(Cl)c1. The van der Waals surface area contributed by atoms with Crippen molar-refractivity contribution in [1.29, 1.82) is 0 Å². The number of hydrogen-bond donors (Lipinski definition) is 1. The van der Waals surface area contributed by atoms with Gasteiger partial charge in [0.05, 0.1) is 5.02 Å². The maximum Gasteiger partial charge on any atom is 0.187 e. The lowest BCUT2D eigenvalue weighted by Crippen LogP contribution is -2.00. The van der Waals surface area contributed by atoms with Crippen LogP contribution in [0.3, 0.4) is 0 Å². The number of rotatable bonds is 5. The highest BCUT2D eigenvalue weighted by Crippen LogP contribution is 2.23. The molecule has 0 spiro atoms. The lowest BCUT2D eigenvalue weighted by molar-refractivity contribution is 0.378. The van der Waals surface area contributed by atoms with Crippen molar-refractivity contribution in [1.82, 2.24) is 0 Å². The van der Waals surface area contributed by atoms with Crippen LogP contribution in [0.2, 0.25) is 5.02 Å². The van der Waals surface area contributed by atoms with Gasteiger partial charge in [0.25, 0.3) is 0 Å². The Morgan fingerprint density at radius 1 is 1.42 bits per heavy atom. The van der Waals surface area contributed by atoms with E-state index >= 15 is 0 Å². The van der Waals surface area contributed by atoms with Gasteiger partial charge < -0.3 is 5.73 Å². The highest BCUT2D eigenvalue weighted by Gasteiger charge is 2.05. The molecule has 0 bridgehead atoms. The summed E-state index contributed by atoms with van der Waals surface area (Å²) in [7, 11) is 0. The zero-order valence-electron chi connectivity index (χ0n) is 11.5. The molecular formula is C15H20ClFN2. The summed E-state index contributed by atoms with van der Waals surface area (Å²) >= 11 is 6.21. The fourth-order valence-corrected chi connectivity index (χ4v) is 2.04. The van der Waals surface area contributed by atoms with Crippen LogP contribution in [0.4, 0.5) is 4.39 Å². The first-order valence-electron chi connectivity index (χ1n) is 6.32. The van der Waals surface area contributed by atoms with Crippen molar-refractivity contribution in [3.63, 3.8) is 0 Å². The van der Waals surface area contributed by atoms with E-state index in [1.54, 1.807) is 6.08 Å². The maximum atomic E-state index is 12.5. The second-order valence-electron chi connectivity index (χ2n) is 4.91. The van der Waals surface area contributed by atoms with Gasteiger partial charge in [-0.2, -0.15) is 0 Å². The van der Waals surface area contributed by atoms with Crippen molar-refractivity contribution >= 4 is 23.5 Å². The predicted molar refractivity (Wildman–Crippen MR) is 81.2 cm³/mol. The first-order valence-corrected chi connectivity index (χ1v) is 6.69. The van der Waals surface area contributed by atoms with Crippen molar-refractivity contribution in [2.24, 2.45) is 16.6 Å². The van der Waals surface area contributed by atoms with Gasteiger partial charge in [0, 0.05) is 17.5 Å². The van der Waals surface area contributed by atoms with Gasteiger partial charge in [-0.25, -0.2) is 4.39 Å². The van der Waals surface area contributed by atoms with Crippen LogP contribution in [0.15, 0.2) is 29.3 Å². The summed E-state index contributed by atoms with van der Waals surface area (Å²) < 4.78 is 12.5. The summed E-state index contributed by atoms with van der Waals surface area (Å²) in [6.45, 7) is 5.67. The summed E-state index contributed by atoms with van der Waals surface area (Å²) in [5.41, 5.74) is 8.30. The largest absolute Gasteiger partial charge is 0.398 e. The summed E-state index contributed by atoms with van der Waals surface area (Å²) in [5.74, 6) is 0.577. The first kappa shape index (κ1) is 15.7. The van der Waals surface area contributed by atoms with E-state index < -0.39 is 6.30 Å². The third-order valence-electron chi connectivity index (χ3n) is 2.53. The number of allylic oxidation sites excluding steroid dienone is 1. The predicted octanol–water partition coefficient (Wildman–Crippen LogP) is 4.22. The third-order valence-corrected chi connectivity index (χ3v) is 2.85. The van der Waals surface area contributed by atoms with E-state index in [9.17, 15) is 4.39 Å². The lowest BCUT2D eigenvalue weighted by atomic mass is 10.0. The van der Waals surface area contributed by atoms with Gasteiger partial charge in [0.15, 0.2) is 6.30 Å². The number of halogens is 2. The topological polar surface area (TPSA) is 38.4 Å². The molecule has 0 aliphatic rings. The lowest BCUT2D eigenvalue weighted by Gasteiger charge is -2.09. The second-order valence-corrected chi connectivity index (χ2v) is 5.31. The van der Waals surface area contributed by atoms with Gasteiger partial charge in [0.2, 0.25) is 0 Å². The van der Waals surface area contributed by atoms with E-state index in [4.69, 9.17) is 17.3 Å². The minimum Gasteiger partial charge on any atom is -0.398 e. The molecule has 0 saturated heterocycles. The van der Waals surface area contributed by atoms with Crippen LogP contribution in [0.5, 0.6) is 0 Å². The third kappa shape index (κ3) is 5.43. The Morgan fingerprint density at radius 2 is 2.11 bits per heavy atom. The van der Waals surface area contributed by atoms with Crippen LogP contribution >= 0.6 is 11.6 Å². The van der Waals surface area contributed by atoms with Crippen LogP contribution in [0, 0.1) is 5.92 Å². The molecule has 0 radical (unpaired) electrons. The number of hydrogen-bond acceptors (Lipinski definition) is 2. The molecule has 0 saturated carbocycles. The normalized spacial score (nSPS) is 14.3. The highest BCUT2D eigenvalue weighted by molar-refractivity contribution is 6.32. The molecule has 104 valence electrons. The van der Waals surface area contributed by atoms with Crippen LogP contribution in [-0.4, -0.2) is 12.5 Å². The Balaban J connectivity index is 2.90. The van der Waals surface area contributed by atoms with Crippen molar-refractivity contribution in [3.05, 3.63) is 40.4 Å². The van der Waals surface area contributed by atoms with Crippen LogP contribution in [-0.2, 0) is 6.42 Å². The molecule has 0 aliphatic carbocycles. The smallest absolute Gasteiger partial charge is 0.187 e. The Morgan fingerprint density at radius 3 is 2.63 bits per heavy atom. The summed E-state index contributed by atoms with van der Waals surface area (Å²) in [4.78, 5) is 3.59. The van der Waals surface area contributed by atoms with Crippen LogP contribution in [0.25, 0.3) is 5.70 Å². The van der Waals surface area contributed by atoms with E-state index in [2.05, 4.69) is 18.8 Å². The number of nitrogens with zero attached hydrogens (tertiary/aromatic N) is 1. The van der Waals surface area contributed by atoms with Crippen molar-refractivity contribution < 1.29 is 4.39 Å². The molecule has 1 aromatic carbocycles. The zero-order valence-corrected chi connectivity index (χ0v) is 12.3. The number of benzene rings is 1. The molecule has 2 N–H and O–H groups in total. The summed E-state index contributed by atoms with van der Waals surface area (Å²) in [5, 5.41) is 0.605. The van der Waals surface area contributed by atoms with E-state index in [-0.39, 0.29) is 0 Å². The average molecular weight is 283 g/mol. The molecule has 0 fully saturated rings. The Labute approximate surface area is 119 Å². The van der Waals surface area contributed by atoms with Crippen molar-refractivity contribution in [2.75, 3.05) is 0 Å². The monoisotopic (exact) mass is 282 g/mol. The molecule has 1 atom stereocenters. The molecule has 19 heavy (non-hydrogen) atoms. The molecule has 1 rings (SSSR count). The van der Waals surface area contributed by atoms with E-state index in [0.717, 1.165) is 12.0 Å². The summed E-state index contributed by atoms with van der Waals surface area (Å²) in [6.07, 6.45) is 2.66. The quantitative estimate of drug-likeness (QED) is 0.637. The Bertz CT molecular complexity index is 479. The van der Waals surface area contributed by atoms with Crippen molar-refractivity contribution in [2.45, 2.75) is 33.5 Å². The fraction of sp³-hybridized carbons (Fsp3) is 0.400. The maximum absolute atomic E-state index is 12.5. The second kappa shape index (κ2) is 7.29. The van der Waals surface area contributed by atoms with Gasteiger partial charge in [0.1, 0.15) is 0 Å². The van der Waals surface area contributed by atoms with Crippen LogP contribution in [0.1, 0.15) is 31.9 Å². The molecular weight excluding hydrogens is 263 g/mol. The van der Waals surface area contributed by atoms with Crippen molar-refractivity contribution in [3.8, 4) is 0 Å². The zero-order chi connectivity index (χ0) is 14.4. The first-order chi connectivity index (χ1) is 8.90. The molecule has 0 aliphatic heterocycles. The van der Waals surface area contributed by atoms with Gasteiger partial charge in [-0.3, -0.25) is 4.99 Å². The highest BCUT2D eigenvalue weighted by atomic mass is 35.5. The van der Waals surface area contributed by atoms with E-state index in [0.29, 0.717) is 16.6 Å². The Hall–Kier alpha value is -1.35. The van der Waals surface area contributed by atoms with Gasteiger partial charge in [-0.1, -0.05) is 37.6 Å². The average Bonchev–Trinajstić information content (AvgIpc) is 2.27. The molecule has 0 amide bonds. The molecule has 1 unspecified atom stereocenters. The van der Waals surface area contributed by atoms with Gasteiger partial charge in [-0.15, -0.1) is 0 Å². The number of nitrogens with two attached hydrogens (primary N) is 1. The molecule has 0 heterocycles.